The minimum Gasteiger partial charge on any atom is -0.224 e. The van der Waals surface area contributed by atoms with Gasteiger partial charge in [-0.15, -0.1) is 0 Å². The van der Waals surface area contributed by atoms with Crippen molar-refractivity contribution in [1.82, 2.24) is 0 Å². The van der Waals surface area contributed by atoms with Crippen LogP contribution < -0.4 is 0 Å². The van der Waals surface area contributed by atoms with E-state index < -0.39 is 9.84 Å². The predicted molar refractivity (Wildman–Crippen MR) is 53.2 cm³/mol. The molecule has 0 spiro atoms. The first kappa shape index (κ1) is 10.3. The highest BCUT2D eigenvalue weighted by Gasteiger charge is 2.06. The van der Waals surface area contributed by atoms with E-state index in [2.05, 4.69) is 0 Å². The Morgan fingerprint density at radius 2 is 2.08 bits per heavy atom. The van der Waals surface area contributed by atoms with E-state index >= 15 is 0 Å². The second kappa shape index (κ2) is 3.92. The van der Waals surface area contributed by atoms with Crippen molar-refractivity contribution in [3.05, 3.63) is 36.2 Å². The summed E-state index contributed by atoms with van der Waals surface area (Å²) in [5.74, 6) is 0. The molecule has 0 heterocycles. The first-order chi connectivity index (χ1) is 6.04. The SMILES string of the molecule is CC[CH]c1cccc(S(C)(=O)=O)c1. The normalized spacial score (nSPS) is 11.5. The summed E-state index contributed by atoms with van der Waals surface area (Å²) < 4.78 is 22.4. The lowest BCUT2D eigenvalue weighted by atomic mass is 10.1. The van der Waals surface area contributed by atoms with E-state index in [4.69, 9.17) is 0 Å². The molecule has 0 saturated heterocycles. The zero-order chi connectivity index (χ0) is 9.90. The fourth-order valence-electron chi connectivity index (χ4n) is 1.11. The van der Waals surface area contributed by atoms with Crippen LogP contribution in [0.1, 0.15) is 18.9 Å². The molecule has 0 N–H and O–H groups in total. The van der Waals surface area contributed by atoms with Gasteiger partial charge in [0.25, 0.3) is 0 Å². The van der Waals surface area contributed by atoms with Gasteiger partial charge in [-0.2, -0.15) is 0 Å². The number of hydrogen-bond acceptors (Lipinski definition) is 2. The molecule has 0 unspecified atom stereocenters. The lowest BCUT2D eigenvalue weighted by Crippen LogP contribution is -1.97. The molecule has 13 heavy (non-hydrogen) atoms. The van der Waals surface area contributed by atoms with E-state index in [1.165, 1.54) is 6.26 Å². The summed E-state index contributed by atoms with van der Waals surface area (Å²) in [7, 11) is -3.06. The molecule has 0 saturated carbocycles. The zero-order valence-electron chi connectivity index (χ0n) is 7.82. The Labute approximate surface area is 79.5 Å². The summed E-state index contributed by atoms with van der Waals surface area (Å²) in [4.78, 5) is 0.384. The second-order valence-corrected chi connectivity index (χ2v) is 4.97. The molecule has 0 atom stereocenters. The van der Waals surface area contributed by atoms with Gasteiger partial charge in [0.05, 0.1) is 4.90 Å². The molecule has 71 valence electrons. The highest BCUT2D eigenvalue weighted by atomic mass is 32.2. The van der Waals surface area contributed by atoms with Crippen LogP contribution in [0.4, 0.5) is 0 Å². The third-order valence-corrected chi connectivity index (χ3v) is 2.84. The lowest BCUT2D eigenvalue weighted by molar-refractivity contribution is 0.602. The van der Waals surface area contributed by atoms with E-state index in [1.807, 2.05) is 19.4 Å². The Kier molecular flexibility index (Phi) is 3.09. The van der Waals surface area contributed by atoms with Crippen LogP contribution in [0.5, 0.6) is 0 Å². The minimum atomic E-state index is -3.06. The van der Waals surface area contributed by atoms with Gasteiger partial charge < -0.3 is 0 Å². The number of hydrogen-bond donors (Lipinski definition) is 0. The van der Waals surface area contributed by atoms with Crippen molar-refractivity contribution in [2.75, 3.05) is 6.26 Å². The number of rotatable bonds is 3. The molecule has 1 aromatic rings. The van der Waals surface area contributed by atoms with Gasteiger partial charge in [-0.3, -0.25) is 0 Å². The molecule has 1 aromatic carbocycles. The van der Waals surface area contributed by atoms with Gasteiger partial charge in [-0.25, -0.2) is 8.42 Å². The molecule has 1 radical (unpaired) electrons. The van der Waals surface area contributed by atoms with Crippen molar-refractivity contribution < 1.29 is 8.42 Å². The van der Waals surface area contributed by atoms with Crippen molar-refractivity contribution in [1.29, 1.82) is 0 Å². The Bertz CT molecular complexity index is 380. The predicted octanol–water partition coefficient (Wildman–Crippen LogP) is 2.05. The van der Waals surface area contributed by atoms with Crippen LogP contribution in [0.2, 0.25) is 0 Å². The van der Waals surface area contributed by atoms with E-state index in [0.717, 1.165) is 12.0 Å². The second-order valence-electron chi connectivity index (χ2n) is 2.96. The summed E-state index contributed by atoms with van der Waals surface area (Å²) in [5, 5.41) is 0. The molecule has 1 rings (SSSR count). The van der Waals surface area contributed by atoms with Gasteiger partial charge in [0.2, 0.25) is 0 Å². The molecule has 0 bridgehead atoms. The first-order valence-electron chi connectivity index (χ1n) is 4.17. The number of sulfone groups is 1. The van der Waals surface area contributed by atoms with Gasteiger partial charge >= 0.3 is 0 Å². The van der Waals surface area contributed by atoms with Crippen LogP contribution in [0.25, 0.3) is 0 Å². The third-order valence-electron chi connectivity index (χ3n) is 1.73. The fraction of sp³-hybridized carbons (Fsp3) is 0.300. The summed E-state index contributed by atoms with van der Waals surface area (Å²) in [6.07, 6.45) is 4.12. The Morgan fingerprint density at radius 1 is 1.38 bits per heavy atom. The Balaban J connectivity index is 3.06. The van der Waals surface area contributed by atoms with Gasteiger partial charge in [0.1, 0.15) is 0 Å². The van der Waals surface area contributed by atoms with Crippen LogP contribution in [0.15, 0.2) is 29.2 Å². The zero-order valence-corrected chi connectivity index (χ0v) is 8.64. The van der Waals surface area contributed by atoms with Crippen LogP contribution >= 0.6 is 0 Å². The van der Waals surface area contributed by atoms with Gasteiger partial charge in [0, 0.05) is 6.26 Å². The van der Waals surface area contributed by atoms with Crippen molar-refractivity contribution in [3.8, 4) is 0 Å². The topological polar surface area (TPSA) is 34.1 Å². The summed E-state index contributed by atoms with van der Waals surface area (Å²) in [6, 6.07) is 6.97. The molecule has 0 amide bonds. The molecule has 0 aliphatic heterocycles. The monoisotopic (exact) mass is 197 g/mol. The summed E-state index contributed by atoms with van der Waals surface area (Å²) >= 11 is 0. The fourth-order valence-corrected chi connectivity index (χ4v) is 1.78. The molecule has 0 aliphatic carbocycles. The van der Waals surface area contributed by atoms with Crippen molar-refractivity contribution in [2.45, 2.75) is 18.2 Å². The van der Waals surface area contributed by atoms with Gasteiger partial charge in [0.15, 0.2) is 9.84 Å². The molecule has 2 nitrogen and oxygen atoms in total. The molecular weight excluding hydrogens is 184 g/mol. The lowest BCUT2D eigenvalue weighted by Gasteiger charge is -2.01. The van der Waals surface area contributed by atoms with E-state index in [-0.39, 0.29) is 0 Å². The summed E-state index contributed by atoms with van der Waals surface area (Å²) in [5.41, 5.74) is 0.963. The van der Waals surface area contributed by atoms with Gasteiger partial charge in [-0.05, 0) is 30.5 Å². The van der Waals surface area contributed by atoms with Crippen LogP contribution in [-0.4, -0.2) is 14.7 Å². The Hall–Kier alpha value is -0.830. The van der Waals surface area contributed by atoms with Crippen LogP contribution in [0.3, 0.4) is 0 Å². The van der Waals surface area contributed by atoms with Crippen LogP contribution in [0, 0.1) is 6.42 Å². The standard InChI is InChI=1S/C10H13O2S/c1-3-5-9-6-4-7-10(8-9)13(2,11)12/h4-8H,3H2,1-2H3. The average Bonchev–Trinajstić information content (AvgIpc) is 2.04. The largest absolute Gasteiger partial charge is 0.224 e. The number of benzene rings is 1. The maximum atomic E-state index is 11.2. The maximum Gasteiger partial charge on any atom is 0.175 e. The molecular formula is C10H13O2S. The van der Waals surface area contributed by atoms with E-state index in [1.54, 1.807) is 18.2 Å². The highest BCUT2D eigenvalue weighted by molar-refractivity contribution is 7.90. The highest BCUT2D eigenvalue weighted by Crippen LogP contribution is 2.13. The van der Waals surface area contributed by atoms with Crippen molar-refractivity contribution in [2.24, 2.45) is 0 Å². The third kappa shape index (κ3) is 2.84. The molecule has 0 fully saturated rings. The van der Waals surface area contributed by atoms with Gasteiger partial charge in [-0.1, -0.05) is 19.1 Å². The molecule has 0 aliphatic rings. The van der Waals surface area contributed by atoms with Crippen molar-refractivity contribution in [3.63, 3.8) is 0 Å². The van der Waals surface area contributed by atoms with E-state index in [9.17, 15) is 8.42 Å². The van der Waals surface area contributed by atoms with E-state index in [0.29, 0.717) is 4.90 Å². The molecule has 3 heteroatoms. The minimum absolute atomic E-state index is 0.384. The maximum absolute atomic E-state index is 11.2. The Morgan fingerprint density at radius 3 is 2.62 bits per heavy atom. The van der Waals surface area contributed by atoms with Crippen molar-refractivity contribution >= 4 is 9.84 Å². The average molecular weight is 197 g/mol. The quantitative estimate of drug-likeness (QED) is 0.743. The van der Waals surface area contributed by atoms with Crippen LogP contribution in [-0.2, 0) is 9.84 Å². The molecule has 0 aromatic heterocycles. The summed E-state index contributed by atoms with van der Waals surface area (Å²) in [6.45, 7) is 2.02. The smallest absolute Gasteiger partial charge is 0.175 e. The first-order valence-corrected chi connectivity index (χ1v) is 6.06.